The van der Waals surface area contributed by atoms with Crippen LogP contribution in [0.4, 0.5) is 4.39 Å². The number of halogens is 2. The van der Waals surface area contributed by atoms with E-state index in [1.54, 1.807) is 6.07 Å². The van der Waals surface area contributed by atoms with Crippen LogP contribution in [-0.4, -0.2) is 17.6 Å². The van der Waals surface area contributed by atoms with Gasteiger partial charge in [-0.15, -0.1) is 0 Å². The lowest BCUT2D eigenvalue weighted by molar-refractivity contribution is -0.137. The summed E-state index contributed by atoms with van der Waals surface area (Å²) in [6.45, 7) is 0.183. The van der Waals surface area contributed by atoms with Crippen molar-refractivity contribution in [2.75, 3.05) is 6.54 Å². The van der Waals surface area contributed by atoms with Gasteiger partial charge < -0.3 is 10.8 Å². The fourth-order valence-electron chi connectivity index (χ4n) is 1.36. The quantitative estimate of drug-likeness (QED) is 0.885. The van der Waals surface area contributed by atoms with Gasteiger partial charge in [0.15, 0.2) is 0 Å². The van der Waals surface area contributed by atoms with E-state index >= 15 is 0 Å². The first-order valence-electron chi connectivity index (χ1n) is 4.40. The van der Waals surface area contributed by atoms with E-state index < -0.39 is 11.8 Å². The molecule has 1 rings (SSSR count). The van der Waals surface area contributed by atoms with Gasteiger partial charge in [0.2, 0.25) is 0 Å². The standard InChI is InChI=1S/C10H11BrFNO2/c11-8-1-6(2-9(12)4-8)7(5-13)3-10(14)15/h1-2,4,7H,3,5,13H2,(H,14,15). The van der Waals surface area contributed by atoms with E-state index in [0.717, 1.165) is 0 Å². The van der Waals surface area contributed by atoms with Gasteiger partial charge in [-0.25, -0.2) is 4.39 Å². The van der Waals surface area contributed by atoms with Gasteiger partial charge >= 0.3 is 5.97 Å². The fourth-order valence-corrected chi connectivity index (χ4v) is 1.84. The molecule has 0 heterocycles. The molecule has 0 fully saturated rings. The number of hydrogen-bond acceptors (Lipinski definition) is 2. The third-order valence-corrected chi connectivity index (χ3v) is 2.52. The number of carboxylic acid groups (broad SMARTS) is 1. The SMILES string of the molecule is NCC(CC(=O)O)c1cc(F)cc(Br)c1. The van der Waals surface area contributed by atoms with Crippen LogP contribution in [-0.2, 0) is 4.79 Å². The molecule has 0 spiro atoms. The monoisotopic (exact) mass is 275 g/mol. The molecule has 0 aliphatic carbocycles. The molecule has 0 saturated carbocycles. The Kier molecular flexibility index (Phi) is 4.23. The molecule has 0 saturated heterocycles. The molecule has 3 nitrogen and oxygen atoms in total. The van der Waals surface area contributed by atoms with Crippen molar-refractivity contribution in [3.63, 3.8) is 0 Å². The Labute approximate surface area is 95.2 Å². The van der Waals surface area contributed by atoms with E-state index in [2.05, 4.69) is 15.9 Å². The van der Waals surface area contributed by atoms with Crippen molar-refractivity contribution in [1.82, 2.24) is 0 Å². The molecule has 0 radical (unpaired) electrons. The maximum atomic E-state index is 13.0. The van der Waals surface area contributed by atoms with E-state index in [1.807, 2.05) is 0 Å². The Hall–Kier alpha value is -0.940. The summed E-state index contributed by atoms with van der Waals surface area (Å²) in [7, 11) is 0. The highest BCUT2D eigenvalue weighted by atomic mass is 79.9. The number of nitrogens with two attached hydrogens (primary N) is 1. The van der Waals surface area contributed by atoms with E-state index in [4.69, 9.17) is 10.8 Å². The first-order valence-corrected chi connectivity index (χ1v) is 5.20. The molecule has 15 heavy (non-hydrogen) atoms. The largest absolute Gasteiger partial charge is 0.481 e. The lowest BCUT2D eigenvalue weighted by Crippen LogP contribution is -2.16. The van der Waals surface area contributed by atoms with E-state index in [9.17, 15) is 9.18 Å². The van der Waals surface area contributed by atoms with Gasteiger partial charge in [-0.1, -0.05) is 15.9 Å². The second-order valence-corrected chi connectivity index (χ2v) is 4.15. The highest BCUT2D eigenvalue weighted by Crippen LogP contribution is 2.23. The smallest absolute Gasteiger partial charge is 0.304 e. The Morgan fingerprint density at radius 2 is 2.20 bits per heavy atom. The van der Waals surface area contributed by atoms with Gasteiger partial charge in [-0.3, -0.25) is 4.79 Å². The molecule has 0 aliphatic heterocycles. The summed E-state index contributed by atoms with van der Waals surface area (Å²) in [5, 5.41) is 8.65. The molecular weight excluding hydrogens is 265 g/mol. The molecule has 1 unspecified atom stereocenters. The van der Waals surface area contributed by atoms with E-state index in [1.165, 1.54) is 12.1 Å². The minimum absolute atomic E-state index is 0.0909. The van der Waals surface area contributed by atoms with Crippen molar-refractivity contribution in [1.29, 1.82) is 0 Å². The van der Waals surface area contributed by atoms with Crippen LogP contribution in [0.5, 0.6) is 0 Å². The minimum atomic E-state index is -0.939. The number of benzene rings is 1. The molecule has 1 aromatic carbocycles. The van der Waals surface area contributed by atoms with Crippen molar-refractivity contribution in [3.05, 3.63) is 34.1 Å². The Balaban J connectivity index is 2.95. The number of aliphatic carboxylic acids is 1. The highest BCUT2D eigenvalue weighted by Gasteiger charge is 2.15. The zero-order chi connectivity index (χ0) is 11.4. The number of carbonyl (C=O) groups is 1. The van der Waals surface area contributed by atoms with E-state index in [-0.39, 0.29) is 18.9 Å². The summed E-state index contributed by atoms with van der Waals surface area (Å²) >= 11 is 3.15. The summed E-state index contributed by atoms with van der Waals surface area (Å²) in [6, 6.07) is 4.31. The molecule has 3 N–H and O–H groups in total. The van der Waals surface area contributed by atoms with Crippen LogP contribution >= 0.6 is 15.9 Å². The highest BCUT2D eigenvalue weighted by molar-refractivity contribution is 9.10. The number of rotatable bonds is 4. The van der Waals surface area contributed by atoms with Crippen LogP contribution in [0.15, 0.2) is 22.7 Å². The number of hydrogen-bond donors (Lipinski definition) is 2. The predicted octanol–water partition coefficient (Wildman–Crippen LogP) is 2.11. The van der Waals surface area contributed by atoms with Crippen molar-refractivity contribution in [2.45, 2.75) is 12.3 Å². The predicted molar refractivity (Wildman–Crippen MR) is 58.1 cm³/mol. The minimum Gasteiger partial charge on any atom is -0.481 e. The second kappa shape index (κ2) is 5.23. The van der Waals surface area contributed by atoms with Crippen molar-refractivity contribution >= 4 is 21.9 Å². The third kappa shape index (κ3) is 3.60. The zero-order valence-electron chi connectivity index (χ0n) is 7.91. The van der Waals surface area contributed by atoms with Gasteiger partial charge in [0.05, 0.1) is 6.42 Å². The van der Waals surface area contributed by atoms with Crippen molar-refractivity contribution < 1.29 is 14.3 Å². The Morgan fingerprint density at radius 1 is 1.53 bits per heavy atom. The van der Waals surface area contributed by atoms with Gasteiger partial charge in [0.1, 0.15) is 5.82 Å². The maximum absolute atomic E-state index is 13.0. The van der Waals surface area contributed by atoms with Crippen LogP contribution in [0.3, 0.4) is 0 Å². The molecule has 5 heteroatoms. The second-order valence-electron chi connectivity index (χ2n) is 3.23. The van der Waals surface area contributed by atoms with Gasteiger partial charge in [-0.05, 0) is 30.3 Å². The molecule has 0 bridgehead atoms. The molecule has 0 aliphatic rings. The van der Waals surface area contributed by atoms with Crippen molar-refractivity contribution in [2.24, 2.45) is 5.73 Å². The fraction of sp³-hybridized carbons (Fsp3) is 0.300. The first kappa shape index (κ1) is 12.1. The maximum Gasteiger partial charge on any atom is 0.304 e. The summed E-state index contributed by atoms with van der Waals surface area (Å²) < 4.78 is 13.6. The van der Waals surface area contributed by atoms with Gasteiger partial charge in [-0.2, -0.15) is 0 Å². The van der Waals surface area contributed by atoms with Crippen LogP contribution in [0.1, 0.15) is 17.9 Å². The van der Waals surface area contributed by atoms with E-state index in [0.29, 0.717) is 10.0 Å². The molecular formula is C10H11BrFNO2. The van der Waals surface area contributed by atoms with Crippen LogP contribution in [0.25, 0.3) is 0 Å². The molecule has 1 aromatic rings. The zero-order valence-corrected chi connectivity index (χ0v) is 9.50. The van der Waals surface area contributed by atoms with Crippen molar-refractivity contribution in [3.8, 4) is 0 Å². The lowest BCUT2D eigenvalue weighted by Gasteiger charge is -2.13. The summed E-state index contributed by atoms with van der Waals surface area (Å²) in [4.78, 5) is 10.6. The third-order valence-electron chi connectivity index (χ3n) is 2.06. The summed E-state index contributed by atoms with van der Waals surface area (Å²) in [6.07, 6.45) is -0.0909. The lowest BCUT2D eigenvalue weighted by atomic mass is 9.96. The normalized spacial score (nSPS) is 12.5. The molecule has 0 amide bonds. The van der Waals surface area contributed by atoms with Crippen LogP contribution in [0.2, 0.25) is 0 Å². The topological polar surface area (TPSA) is 63.3 Å². The average molecular weight is 276 g/mol. The molecule has 1 atom stereocenters. The van der Waals surface area contributed by atoms with Crippen LogP contribution in [0, 0.1) is 5.82 Å². The Morgan fingerprint density at radius 3 is 2.67 bits per heavy atom. The average Bonchev–Trinajstić information content (AvgIpc) is 2.12. The number of carboxylic acids is 1. The Bertz CT molecular complexity index is 350. The molecule has 0 aromatic heterocycles. The summed E-state index contributed by atoms with van der Waals surface area (Å²) in [5.41, 5.74) is 6.06. The summed E-state index contributed by atoms with van der Waals surface area (Å²) in [5.74, 6) is -1.69. The van der Waals surface area contributed by atoms with Crippen LogP contribution < -0.4 is 5.73 Å². The van der Waals surface area contributed by atoms with Gasteiger partial charge in [0, 0.05) is 10.4 Å². The first-order chi connectivity index (χ1) is 7.02. The molecule has 82 valence electrons. The van der Waals surface area contributed by atoms with Gasteiger partial charge in [0.25, 0.3) is 0 Å².